The first-order chi connectivity index (χ1) is 12.0. The summed E-state index contributed by atoms with van der Waals surface area (Å²) in [5, 5.41) is 61.0. The van der Waals surface area contributed by atoms with Gasteiger partial charge >= 0.3 is 0 Å². The molecule has 0 amide bonds. The van der Waals surface area contributed by atoms with Gasteiger partial charge in [0.25, 0.3) is 11.4 Å². The fourth-order valence-electron chi connectivity index (χ4n) is 2.54. The number of carbonyl (C=O) groups excluding carboxylic acids is 1. The number of nitrogens with zero attached hydrogens (tertiary/aromatic N) is 2. The molecule has 1 unspecified atom stereocenters. The first kappa shape index (κ1) is 19.8. The van der Waals surface area contributed by atoms with Gasteiger partial charge in [0.15, 0.2) is 0 Å². The van der Waals surface area contributed by atoms with Gasteiger partial charge in [-0.25, -0.2) is 0 Å². The molecule has 13 heteroatoms. The van der Waals surface area contributed by atoms with E-state index in [4.69, 9.17) is 15.6 Å². The van der Waals surface area contributed by atoms with E-state index in [-0.39, 0.29) is 0 Å². The van der Waals surface area contributed by atoms with Crippen molar-refractivity contribution in [2.75, 3.05) is 6.61 Å². The molecular weight excluding hydrogens is 358 g/mol. The highest BCUT2D eigenvalue weighted by molar-refractivity contribution is 6.03. The van der Waals surface area contributed by atoms with Crippen LogP contribution in [0.4, 0.5) is 11.4 Å². The van der Waals surface area contributed by atoms with Crippen molar-refractivity contribution in [2.45, 2.75) is 30.1 Å². The van der Waals surface area contributed by atoms with E-state index in [1.807, 2.05) is 0 Å². The Bertz CT molecular complexity index is 721. The second kappa shape index (κ2) is 6.99. The summed E-state index contributed by atoms with van der Waals surface area (Å²) in [4.78, 5) is 32.5. The minimum atomic E-state index is -2.99. The van der Waals surface area contributed by atoms with Gasteiger partial charge in [0.2, 0.25) is 11.6 Å². The van der Waals surface area contributed by atoms with Crippen molar-refractivity contribution in [3.8, 4) is 0 Å². The van der Waals surface area contributed by atoms with E-state index >= 15 is 0 Å². The number of carbonyl (C=O) groups is 1. The first-order valence-corrected chi connectivity index (χ1v) is 7.14. The van der Waals surface area contributed by atoms with Gasteiger partial charge in [-0.3, -0.25) is 25.0 Å². The molecule has 13 nitrogen and oxygen atoms in total. The van der Waals surface area contributed by atoms with Crippen LogP contribution in [0.1, 0.15) is 10.4 Å². The normalized spacial score (nSPS) is 31.4. The number of hydrogen-bond donors (Lipinski definition) is 5. The summed E-state index contributed by atoms with van der Waals surface area (Å²) < 4.78 is 4.92. The van der Waals surface area contributed by atoms with Crippen molar-refractivity contribution in [3.05, 3.63) is 44.0 Å². The zero-order valence-corrected chi connectivity index (χ0v) is 13.0. The Labute approximate surface area is 144 Å². The lowest BCUT2D eigenvalue weighted by Gasteiger charge is -2.45. The Morgan fingerprint density at radius 2 is 1.65 bits per heavy atom. The third-order valence-electron chi connectivity index (χ3n) is 3.97. The summed E-state index contributed by atoms with van der Waals surface area (Å²) in [6.45, 7) is -0.893. The van der Waals surface area contributed by atoms with Crippen molar-refractivity contribution >= 4 is 17.2 Å². The van der Waals surface area contributed by atoms with Crippen LogP contribution in [-0.4, -0.2) is 72.8 Å². The summed E-state index contributed by atoms with van der Waals surface area (Å²) in [6.07, 6.45) is -5.20. The third-order valence-corrected chi connectivity index (χ3v) is 3.97. The predicted octanol–water partition coefficient (Wildman–Crippen LogP) is -2.19. The van der Waals surface area contributed by atoms with E-state index < -0.39 is 69.3 Å². The van der Waals surface area contributed by atoms with Crippen molar-refractivity contribution in [3.63, 3.8) is 0 Å². The molecule has 1 aliphatic heterocycles. The molecule has 0 aromatic heterocycles. The molecule has 1 saturated heterocycles. The number of nitrogens with two attached hydrogens (primary N) is 1. The average molecular weight is 373 g/mol. The smallest absolute Gasteiger partial charge is 0.277 e. The van der Waals surface area contributed by atoms with Gasteiger partial charge in [-0.15, -0.1) is 0 Å². The number of nitro groups is 2. The summed E-state index contributed by atoms with van der Waals surface area (Å²) in [6, 6.07) is 0.0345. The molecule has 1 aromatic carbocycles. The lowest BCUT2D eigenvalue weighted by atomic mass is 9.86. The van der Waals surface area contributed by atoms with E-state index in [9.17, 15) is 40.3 Å². The van der Waals surface area contributed by atoms with Crippen molar-refractivity contribution in [2.24, 2.45) is 5.73 Å². The van der Waals surface area contributed by atoms with Crippen LogP contribution >= 0.6 is 0 Å². The SMILES string of the molecule is N[C@@H]1[C@@H](O)[C@H](O)[C@@H](CO)OC1(O)C(=O)c1cc([N+](=O)[O-])cc([N+](=O)[O-])c1. The van der Waals surface area contributed by atoms with E-state index in [0.29, 0.717) is 18.2 Å². The summed E-state index contributed by atoms with van der Waals surface area (Å²) >= 11 is 0. The number of nitro benzene ring substituents is 2. The molecule has 1 aromatic rings. The fraction of sp³-hybridized carbons (Fsp3) is 0.462. The lowest BCUT2D eigenvalue weighted by Crippen LogP contribution is -2.71. The van der Waals surface area contributed by atoms with Gasteiger partial charge in [-0.2, -0.15) is 0 Å². The molecule has 142 valence electrons. The minimum absolute atomic E-state index is 0.609. The van der Waals surface area contributed by atoms with Gasteiger partial charge in [0.05, 0.1) is 28.6 Å². The maximum atomic E-state index is 12.6. The van der Waals surface area contributed by atoms with E-state index in [0.717, 1.165) is 0 Å². The molecule has 0 bridgehead atoms. The Balaban J connectivity index is 2.52. The Morgan fingerprint density at radius 3 is 2.08 bits per heavy atom. The predicted molar refractivity (Wildman–Crippen MR) is 81.0 cm³/mol. The van der Waals surface area contributed by atoms with Crippen molar-refractivity contribution < 1.29 is 39.8 Å². The van der Waals surface area contributed by atoms with Gasteiger partial charge in [0.1, 0.15) is 18.3 Å². The highest BCUT2D eigenvalue weighted by Gasteiger charge is 2.56. The summed E-state index contributed by atoms with van der Waals surface area (Å²) in [7, 11) is 0. The van der Waals surface area contributed by atoms with E-state index in [1.165, 1.54) is 0 Å². The zero-order valence-electron chi connectivity index (χ0n) is 13.0. The number of aliphatic hydroxyl groups excluding tert-OH is 3. The molecular formula is C13H15N3O10. The number of aliphatic hydroxyl groups is 4. The van der Waals surface area contributed by atoms with Crippen LogP contribution in [0.3, 0.4) is 0 Å². The molecule has 5 atom stereocenters. The molecule has 6 N–H and O–H groups in total. The highest BCUT2D eigenvalue weighted by Crippen LogP contribution is 2.32. The van der Waals surface area contributed by atoms with Crippen molar-refractivity contribution in [1.29, 1.82) is 0 Å². The first-order valence-electron chi connectivity index (χ1n) is 7.14. The number of ether oxygens (including phenoxy) is 1. The number of benzene rings is 1. The third kappa shape index (κ3) is 3.26. The van der Waals surface area contributed by atoms with E-state index in [2.05, 4.69) is 0 Å². The van der Waals surface area contributed by atoms with Crippen LogP contribution in [-0.2, 0) is 4.74 Å². The largest absolute Gasteiger partial charge is 0.394 e. The highest BCUT2D eigenvalue weighted by atomic mass is 16.7. The average Bonchev–Trinajstić information content (AvgIpc) is 2.61. The second-order valence-electron chi connectivity index (χ2n) is 5.62. The number of rotatable bonds is 5. The molecule has 2 rings (SSSR count). The lowest BCUT2D eigenvalue weighted by molar-refractivity contribution is -0.394. The van der Waals surface area contributed by atoms with Crippen LogP contribution in [0.2, 0.25) is 0 Å². The minimum Gasteiger partial charge on any atom is -0.394 e. The van der Waals surface area contributed by atoms with E-state index in [1.54, 1.807) is 0 Å². The second-order valence-corrected chi connectivity index (χ2v) is 5.62. The van der Waals surface area contributed by atoms with Crippen LogP contribution in [0.25, 0.3) is 0 Å². The Morgan fingerprint density at radius 1 is 1.15 bits per heavy atom. The summed E-state index contributed by atoms with van der Waals surface area (Å²) in [5.74, 6) is -4.41. The molecule has 0 aliphatic carbocycles. The van der Waals surface area contributed by atoms with Gasteiger partial charge in [0, 0.05) is 17.7 Å². The monoisotopic (exact) mass is 373 g/mol. The van der Waals surface area contributed by atoms with Crippen LogP contribution in [0, 0.1) is 20.2 Å². The topological polar surface area (TPSA) is 220 Å². The van der Waals surface area contributed by atoms with Crippen LogP contribution < -0.4 is 5.73 Å². The summed E-state index contributed by atoms with van der Waals surface area (Å²) in [5.41, 5.74) is 3.27. The number of ketones is 1. The number of Topliss-reactive ketones (excluding diaryl/α,β-unsaturated/α-hetero) is 1. The standard InChI is InChI=1S/C13H15N3O10/c14-11-10(19)9(18)8(4-17)26-13(11,21)12(20)5-1-6(15(22)23)3-7(2-5)16(24)25/h1-3,8-11,17-19,21H,4,14H2/t8-,9-,10+,11-,13?/m1/s1. The Kier molecular flexibility index (Phi) is 5.31. The van der Waals surface area contributed by atoms with Gasteiger partial charge in [-0.1, -0.05) is 0 Å². The maximum Gasteiger partial charge on any atom is 0.277 e. The molecule has 1 aliphatic rings. The van der Waals surface area contributed by atoms with Gasteiger partial charge in [-0.05, 0) is 0 Å². The van der Waals surface area contributed by atoms with Crippen LogP contribution in [0.5, 0.6) is 0 Å². The van der Waals surface area contributed by atoms with Crippen LogP contribution in [0.15, 0.2) is 18.2 Å². The quantitative estimate of drug-likeness (QED) is 0.212. The molecule has 26 heavy (non-hydrogen) atoms. The molecule has 0 spiro atoms. The van der Waals surface area contributed by atoms with Crippen molar-refractivity contribution in [1.82, 2.24) is 0 Å². The molecule has 1 fully saturated rings. The fourth-order valence-corrected chi connectivity index (χ4v) is 2.54. The maximum absolute atomic E-state index is 12.6. The molecule has 0 saturated carbocycles. The Hall–Kier alpha value is -2.55. The van der Waals surface area contributed by atoms with Gasteiger partial charge < -0.3 is 30.9 Å². The molecule has 0 radical (unpaired) electrons. The molecule has 1 heterocycles. The zero-order chi connectivity index (χ0) is 19.8. The number of hydrogen-bond acceptors (Lipinski definition) is 11. The number of non-ortho nitro benzene ring substituents is 2.